The first-order valence-corrected chi connectivity index (χ1v) is 8.49. The minimum atomic E-state index is -0.608. The van der Waals surface area contributed by atoms with Gasteiger partial charge in [-0.05, 0) is 31.9 Å². The molecule has 0 spiro atoms. The van der Waals surface area contributed by atoms with Crippen LogP contribution in [0, 0.1) is 11.3 Å². The zero-order valence-electron chi connectivity index (χ0n) is 15.4. The summed E-state index contributed by atoms with van der Waals surface area (Å²) in [5.41, 5.74) is 0.737. The highest BCUT2D eigenvalue weighted by Gasteiger charge is 2.38. The number of rotatable bonds is 5. The fourth-order valence-corrected chi connectivity index (χ4v) is 2.61. The molecule has 1 aromatic carbocycles. The predicted octanol–water partition coefficient (Wildman–Crippen LogP) is 3.40. The van der Waals surface area contributed by atoms with E-state index in [0.717, 1.165) is 5.69 Å². The minimum Gasteiger partial charge on any atom is -0.490 e. The molecule has 136 valence electrons. The van der Waals surface area contributed by atoms with Gasteiger partial charge < -0.3 is 20.3 Å². The van der Waals surface area contributed by atoms with Gasteiger partial charge in [0.2, 0.25) is 5.91 Å². The predicted molar refractivity (Wildman–Crippen MR) is 100 cm³/mol. The van der Waals surface area contributed by atoms with Gasteiger partial charge in [-0.25, -0.2) is 4.79 Å². The first-order chi connectivity index (χ1) is 11.7. The molecule has 2 N–H and O–H groups in total. The number of carbonyl (C=O) groups excluding carboxylic acids is 2. The van der Waals surface area contributed by atoms with Gasteiger partial charge in [0.15, 0.2) is 0 Å². The molecule has 3 amide bonds. The van der Waals surface area contributed by atoms with Crippen molar-refractivity contribution < 1.29 is 14.3 Å². The Balaban J connectivity index is 2.30. The molecule has 0 saturated heterocycles. The summed E-state index contributed by atoms with van der Waals surface area (Å²) in [6.45, 7) is 12.8. The van der Waals surface area contributed by atoms with E-state index in [9.17, 15) is 9.59 Å². The van der Waals surface area contributed by atoms with E-state index in [1.54, 1.807) is 23.1 Å². The van der Waals surface area contributed by atoms with Gasteiger partial charge in [0.1, 0.15) is 12.4 Å². The maximum atomic E-state index is 12.9. The van der Waals surface area contributed by atoms with Gasteiger partial charge in [0.05, 0.1) is 11.1 Å². The Morgan fingerprint density at radius 1 is 1.44 bits per heavy atom. The monoisotopic (exact) mass is 345 g/mol. The van der Waals surface area contributed by atoms with Gasteiger partial charge in [0, 0.05) is 24.8 Å². The second-order valence-corrected chi connectivity index (χ2v) is 7.29. The van der Waals surface area contributed by atoms with Crippen molar-refractivity contribution >= 4 is 23.3 Å². The Morgan fingerprint density at radius 3 is 2.80 bits per heavy atom. The highest BCUT2D eigenvalue weighted by atomic mass is 16.5. The summed E-state index contributed by atoms with van der Waals surface area (Å²) in [4.78, 5) is 26.5. The molecule has 25 heavy (non-hydrogen) atoms. The van der Waals surface area contributed by atoms with Crippen molar-refractivity contribution in [2.24, 2.45) is 11.3 Å². The van der Waals surface area contributed by atoms with E-state index in [-0.39, 0.29) is 11.9 Å². The molecular formula is C19H27N3O3. The molecule has 2 rings (SSSR count). The van der Waals surface area contributed by atoms with Crippen LogP contribution in [0.1, 0.15) is 27.7 Å². The molecule has 6 heteroatoms. The Labute approximate surface area is 149 Å². The lowest BCUT2D eigenvalue weighted by Gasteiger charge is -2.29. The van der Waals surface area contributed by atoms with Crippen LogP contribution in [0.25, 0.3) is 0 Å². The second kappa shape index (κ2) is 7.59. The van der Waals surface area contributed by atoms with E-state index in [1.165, 1.54) is 0 Å². The van der Waals surface area contributed by atoms with E-state index < -0.39 is 5.41 Å². The van der Waals surface area contributed by atoms with Crippen LogP contribution in [0.2, 0.25) is 0 Å². The van der Waals surface area contributed by atoms with Crippen LogP contribution in [-0.4, -0.2) is 31.6 Å². The summed E-state index contributed by atoms with van der Waals surface area (Å²) in [7, 11) is 0. The number of benzene rings is 1. The number of urea groups is 1. The van der Waals surface area contributed by atoms with Crippen LogP contribution in [-0.2, 0) is 4.79 Å². The third-order valence-electron chi connectivity index (χ3n) is 3.88. The van der Waals surface area contributed by atoms with Crippen LogP contribution < -0.4 is 20.3 Å². The molecule has 0 atom stereocenters. The SMILES string of the molecule is C=CCNC(=O)Nc1ccc2c(c1)OCC(C)(C)C(=O)N2CC(C)C. The topological polar surface area (TPSA) is 70.7 Å². The molecule has 0 fully saturated rings. The standard InChI is InChI=1S/C19H27N3O3/c1-6-9-20-18(24)21-14-7-8-15-16(10-14)25-12-19(4,5)17(23)22(15)11-13(2)3/h6-8,10,13H,1,9,11-12H2,2-5H3,(H2,20,21,24). The number of hydrogen-bond donors (Lipinski definition) is 2. The van der Waals surface area contributed by atoms with Crippen LogP contribution in [0.5, 0.6) is 5.75 Å². The van der Waals surface area contributed by atoms with E-state index in [4.69, 9.17) is 4.74 Å². The van der Waals surface area contributed by atoms with Gasteiger partial charge in [-0.15, -0.1) is 6.58 Å². The lowest BCUT2D eigenvalue weighted by Crippen LogP contribution is -2.43. The highest BCUT2D eigenvalue weighted by Crippen LogP contribution is 2.38. The second-order valence-electron chi connectivity index (χ2n) is 7.29. The first-order valence-electron chi connectivity index (χ1n) is 8.49. The smallest absolute Gasteiger partial charge is 0.319 e. The van der Waals surface area contributed by atoms with Crippen molar-refractivity contribution in [1.29, 1.82) is 0 Å². The molecule has 0 aliphatic carbocycles. The van der Waals surface area contributed by atoms with Crippen molar-refractivity contribution in [3.05, 3.63) is 30.9 Å². The summed E-state index contributed by atoms with van der Waals surface area (Å²) in [6.07, 6.45) is 1.61. The van der Waals surface area contributed by atoms with Crippen molar-refractivity contribution in [1.82, 2.24) is 5.32 Å². The Kier molecular flexibility index (Phi) is 5.72. The lowest BCUT2D eigenvalue weighted by molar-refractivity contribution is -0.127. The van der Waals surface area contributed by atoms with E-state index >= 15 is 0 Å². The molecule has 6 nitrogen and oxygen atoms in total. The fraction of sp³-hybridized carbons (Fsp3) is 0.474. The number of nitrogens with zero attached hydrogens (tertiary/aromatic N) is 1. The number of amides is 3. The van der Waals surface area contributed by atoms with Crippen molar-refractivity contribution in [3.8, 4) is 5.75 Å². The summed E-state index contributed by atoms with van der Waals surface area (Å²) < 4.78 is 5.90. The largest absolute Gasteiger partial charge is 0.490 e. The highest BCUT2D eigenvalue weighted by molar-refractivity contribution is 6.00. The average molecular weight is 345 g/mol. The van der Waals surface area contributed by atoms with Gasteiger partial charge in [-0.1, -0.05) is 19.9 Å². The molecule has 1 aliphatic rings. The summed E-state index contributed by atoms with van der Waals surface area (Å²) in [6, 6.07) is 5.03. The number of nitrogens with one attached hydrogen (secondary N) is 2. The molecule has 0 unspecified atom stereocenters. The van der Waals surface area contributed by atoms with Crippen molar-refractivity contribution in [2.45, 2.75) is 27.7 Å². The number of hydrogen-bond acceptors (Lipinski definition) is 3. The lowest BCUT2D eigenvalue weighted by atomic mass is 9.92. The summed E-state index contributed by atoms with van der Waals surface area (Å²) in [5, 5.41) is 5.41. The average Bonchev–Trinajstić information content (AvgIpc) is 2.63. The van der Waals surface area contributed by atoms with Crippen LogP contribution in [0.15, 0.2) is 30.9 Å². The fourth-order valence-electron chi connectivity index (χ4n) is 2.61. The van der Waals surface area contributed by atoms with Crippen molar-refractivity contribution in [3.63, 3.8) is 0 Å². The molecular weight excluding hydrogens is 318 g/mol. The summed E-state index contributed by atoms with van der Waals surface area (Å²) >= 11 is 0. The zero-order valence-corrected chi connectivity index (χ0v) is 15.4. The van der Waals surface area contributed by atoms with Crippen LogP contribution in [0.4, 0.5) is 16.2 Å². The number of ether oxygens (including phenoxy) is 1. The van der Waals surface area contributed by atoms with Gasteiger partial charge in [-0.2, -0.15) is 0 Å². The van der Waals surface area contributed by atoms with Gasteiger partial charge >= 0.3 is 6.03 Å². The number of anilines is 2. The third-order valence-corrected chi connectivity index (χ3v) is 3.88. The number of carbonyl (C=O) groups is 2. The molecule has 1 aliphatic heterocycles. The van der Waals surface area contributed by atoms with Gasteiger partial charge in [-0.3, -0.25) is 4.79 Å². The Hall–Kier alpha value is -2.50. The van der Waals surface area contributed by atoms with Crippen LogP contribution >= 0.6 is 0 Å². The molecule has 0 saturated carbocycles. The maximum absolute atomic E-state index is 12.9. The van der Waals surface area contributed by atoms with E-state index in [2.05, 4.69) is 31.1 Å². The van der Waals surface area contributed by atoms with Crippen molar-refractivity contribution in [2.75, 3.05) is 29.9 Å². The number of fused-ring (bicyclic) bond motifs is 1. The first kappa shape index (κ1) is 18.8. The molecule has 0 bridgehead atoms. The Bertz CT molecular complexity index is 668. The molecule has 1 aromatic rings. The van der Waals surface area contributed by atoms with Gasteiger partial charge in [0.25, 0.3) is 0 Å². The zero-order chi connectivity index (χ0) is 18.6. The van der Waals surface area contributed by atoms with Crippen LogP contribution in [0.3, 0.4) is 0 Å². The minimum absolute atomic E-state index is 0.0457. The van der Waals surface area contributed by atoms with E-state index in [1.807, 2.05) is 19.9 Å². The third kappa shape index (κ3) is 4.53. The summed E-state index contributed by atoms with van der Waals surface area (Å²) in [5.74, 6) is 0.971. The molecule has 0 radical (unpaired) electrons. The Morgan fingerprint density at radius 2 is 2.16 bits per heavy atom. The molecule has 1 heterocycles. The van der Waals surface area contributed by atoms with E-state index in [0.29, 0.717) is 37.1 Å². The normalized spacial score (nSPS) is 15.9. The quantitative estimate of drug-likeness (QED) is 0.804. The maximum Gasteiger partial charge on any atom is 0.319 e. The molecule has 0 aromatic heterocycles.